The first kappa shape index (κ1) is 18.6. The molecule has 0 saturated carbocycles. The Morgan fingerprint density at radius 1 is 0.917 bits per heavy atom. The number of amides is 1. The van der Waals surface area contributed by atoms with Crippen molar-refractivity contribution in [2.24, 2.45) is 0 Å². The predicted molar refractivity (Wildman–Crippen MR) is 104 cm³/mol. The highest BCUT2D eigenvalue weighted by molar-refractivity contribution is 8.00. The third-order valence-corrected chi connectivity index (χ3v) is 5.52. The fraction of sp³-hybridized carbons (Fsp3) is 0.381. The maximum Gasteiger partial charge on any atom is 0.233 e. The summed E-state index contributed by atoms with van der Waals surface area (Å²) in [7, 11) is 0. The third-order valence-electron chi connectivity index (χ3n) is 4.41. The minimum atomic E-state index is -0.123. The summed E-state index contributed by atoms with van der Waals surface area (Å²) in [5.74, 6) is 0.0747. The van der Waals surface area contributed by atoms with E-state index in [0.29, 0.717) is 0 Å². The van der Waals surface area contributed by atoms with Gasteiger partial charge >= 0.3 is 0 Å². The molecule has 2 unspecified atom stereocenters. The van der Waals surface area contributed by atoms with E-state index >= 15 is 0 Å². The molecule has 24 heavy (non-hydrogen) atoms. The number of hydrogen-bond donors (Lipinski definition) is 1. The van der Waals surface area contributed by atoms with Gasteiger partial charge in [0.15, 0.2) is 0 Å². The van der Waals surface area contributed by atoms with Gasteiger partial charge in [0, 0.05) is 4.90 Å². The van der Waals surface area contributed by atoms with Gasteiger partial charge in [0.1, 0.15) is 0 Å². The molecule has 0 aliphatic carbocycles. The summed E-state index contributed by atoms with van der Waals surface area (Å²) in [5, 5.41) is 3.03. The smallest absolute Gasteiger partial charge is 0.233 e. The molecule has 0 heterocycles. The van der Waals surface area contributed by atoms with Crippen LogP contribution in [0.1, 0.15) is 47.7 Å². The van der Waals surface area contributed by atoms with Gasteiger partial charge in [-0.1, -0.05) is 29.8 Å². The van der Waals surface area contributed by atoms with E-state index < -0.39 is 0 Å². The van der Waals surface area contributed by atoms with Crippen LogP contribution in [-0.4, -0.2) is 11.2 Å². The highest BCUT2D eigenvalue weighted by Crippen LogP contribution is 2.25. The number of benzene rings is 2. The molecule has 128 valence electrons. The van der Waals surface area contributed by atoms with Gasteiger partial charge in [-0.25, -0.2) is 0 Å². The molecule has 0 spiro atoms. The SMILES string of the molecule is Cc1ccc(SC(C)C(=O)NC(C)c2cc(C)c(C)cc2C)cc1. The minimum Gasteiger partial charge on any atom is -0.349 e. The predicted octanol–water partition coefficient (Wildman–Crippen LogP) is 5.28. The lowest BCUT2D eigenvalue weighted by molar-refractivity contribution is -0.120. The first-order chi connectivity index (χ1) is 11.3. The molecule has 0 bridgehead atoms. The molecule has 2 aromatic carbocycles. The van der Waals surface area contributed by atoms with Crippen LogP contribution in [0.25, 0.3) is 0 Å². The zero-order chi connectivity index (χ0) is 17.9. The molecule has 0 aliphatic rings. The van der Waals surface area contributed by atoms with E-state index in [1.54, 1.807) is 11.8 Å². The Bertz CT molecular complexity index is 721. The van der Waals surface area contributed by atoms with Crippen LogP contribution in [0.5, 0.6) is 0 Å². The summed E-state index contributed by atoms with van der Waals surface area (Å²) in [5.41, 5.74) is 6.20. The number of hydrogen-bond acceptors (Lipinski definition) is 2. The van der Waals surface area contributed by atoms with Gasteiger partial charge in [-0.3, -0.25) is 4.79 Å². The molecule has 0 aliphatic heterocycles. The first-order valence-electron chi connectivity index (χ1n) is 8.39. The van der Waals surface area contributed by atoms with Gasteiger partial charge in [-0.2, -0.15) is 0 Å². The van der Waals surface area contributed by atoms with Crippen LogP contribution in [0, 0.1) is 27.7 Å². The number of thioether (sulfide) groups is 1. The van der Waals surface area contributed by atoms with Crippen molar-refractivity contribution in [1.29, 1.82) is 0 Å². The molecule has 0 aromatic heterocycles. The molecule has 1 N–H and O–H groups in total. The zero-order valence-corrected chi connectivity index (χ0v) is 16.3. The van der Waals surface area contributed by atoms with Gasteiger partial charge in [0.25, 0.3) is 0 Å². The van der Waals surface area contributed by atoms with Gasteiger partial charge < -0.3 is 5.32 Å². The van der Waals surface area contributed by atoms with Gasteiger partial charge in [0.2, 0.25) is 5.91 Å². The van der Waals surface area contributed by atoms with Crippen molar-refractivity contribution in [2.45, 2.75) is 57.7 Å². The van der Waals surface area contributed by atoms with E-state index in [1.807, 2.05) is 6.92 Å². The van der Waals surface area contributed by atoms with Crippen LogP contribution in [0.3, 0.4) is 0 Å². The molecule has 1 amide bonds. The Hall–Kier alpha value is -1.74. The normalized spacial score (nSPS) is 13.4. The van der Waals surface area contributed by atoms with Gasteiger partial charge in [-0.15, -0.1) is 11.8 Å². The van der Waals surface area contributed by atoms with E-state index in [2.05, 4.69) is 76.3 Å². The van der Waals surface area contributed by atoms with Crippen molar-refractivity contribution in [1.82, 2.24) is 5.32 Å². The lowest BCUT2D eigenvalue weighted by atomic mass is 9.96. The third kappa shape index (κ3) is 4.64. The lowest BCUT2D eigenvalue weighted by Gasteiger charge is -2.20. The van der Waals surface area contributed by atoms with Crippen LogP contribution in [0.2, 0.25) is 0 Å². The van der Waals surface area contributed by atoms with E-state index in [4.69, 9.17) is 0 Å². The van der Waals surface area contributed by atoms with Crippen molar-refractivity contribution in [3.63, 3.8) is 0 Å². The number of carbonyl (C=O) groups is 1. The highest BCUT2D eigenvalue weighted by atomic mass is 32.2. The summed E-state index contributed by atoms with van der Waals surface area (Å²) in [6.45, 7) is 12.4. The van der Waals surface area contributed by atoms with Crippen molar-refractivity contribution in [3.05, 3.63) is 64.2 Å². The van der Waals surface area contributed by atoms with Crippen LogP contribution < -0.4 is 5.32 Å². The zero-order valence-electron chi connectivity index (χ0n) is 15.4. The average Bonchev–Trinajstić information content (AvgIpc) is 2.52. The maximum absolute atomic E-state index is 12.5. The number of aryl methyl sites for hydroxylation is 4. The second-order valence-corrected chi connectivity index (χ2v) is 8.01. The Morgan fingerprint density at radius 3 is 2.12 bits per heavy atom. The fourth-order valence-corrected chi connectivity index (χ4v) is 3.61. The Kier molecular flexibility index (Phi) is 6.11. The monoisotopic (exact) mass is 341 g/mol. The number of nitrogens with one attached hydrogen (secondary N) is 1. The quantitative estimate of drug-likeness (QED) is 0.750. The first-order valence-corrected chi connectivity index (χ1v) is 9.27. The van der Waals surface area contributed by atoms with Gasteiger partial charge in [0.05, 0.1) is 11.3 Å². The minimum absolute atomic E-state index is 0.0119. The molecule has 2 nitrogen and oxygen atoms in total. The second-order valence-electron chi connectivity index (χ2n) is 6.60. The molecule has 2 aromatic rings. The Labute approximate surface area is 150 Å². The van der Waals surface area contributed by atoms with Crippen molar-refractivity contribution < 1.29 is 4.79 Å². The summed E-state index contributed by atoms with van der Waals surface area (Å²) in [6, 6.07) is 12.7. The molecule has 0 fully saturated rings. The molecule has 0 radical (unpaired) electrons. The van der Waals surface area contributed by atoms with Crippen molar-refractivity contribution >= 4 is 17.7 Å². The summed E-state index contributed by atoms with van der Waals surface area (Å²) >= 11 is 1.60. The van der Waals surface area contributed by atoms with Crippen LogP contribution in [0.15, 0.2) is 41.3 Å². The molecule has 2 atom stereocenters. The fourth-order valence-electron chi connectivity index (χ4n) is 2.73. The van der Waals surface area contributed by atoms with Crippen LogP contribution in [-0.2, 0) is 4.79 Å². The van der Waals surface area contributed by atoms with E-state index in [9.17, 15) is 4.79 Å². The summed E-state index contributed by atoms with van der Waals surface area (Å²) in [6.07, 6.45) is 0. The maximum atomic E-state index is 12.5. The number of rotatable bonds is 5. The van der Waals surface area contributed by atoms with Gasteiger partial charge in [-0.05, 0) is 75.9 Å². The topological polar surface area (TPSA) is 29.1 Å². The Morgan fingerprint density at radius 2 is 1.50 bits per heavy atom. The van der Waals surface area contributed by atoms with Crippen LogP contribution >= 0.6 is 11.8 Å². The van der Waals surface area contributed by atoms with Crippen LogP contribution in [0.4, 0.5) is 0 Å². The van der Waals surface area contributed by atoms with Crippen molar-refractivity contribution in [3.8, 4) is 0 Å². The van der Waals surface area contributed by atoms with E-state index in [1.165, 1.54) is 27.8 Å². The molecule has 2 rings (SSSR count). The molecular formula is C21H27NOS. The largest absolute Gasteiger partial charge is 0.349 e. The molecule has 0 saturated heterocycles. The van der Waals surface area contributed by atoms with E-state index in [0.717, 1.165) is 4.90 Å². The number of carbonyl (C=O) groups excluding carboxylic acids is 1. The average molecular weight is 342 g/mol. The van der Waals surface area contributed by atoms with Crippen molar-refractivity contribution in [2.75, 3.05) is 0 Å². The standard InChI is InChI=1S/C21H27NOS/c1-13-7-9-19(10-8-13)24-18(6)21(23)22-17(5)20-12-15(3)14(2)11-16(20)4/h7-12,17-18H,1-6H3,(H,22,23). The Balaban J connectivity index is 2.03. The van der Waals surface area contributed by atoms with E-state index in [-0.39, 0.29) is 17.2 Å². The second kappa shape index (κ2) is 7.89. The molecule has 3 heteroatoms. The highest BCUT2D eigenvalue weighted by Gasteiger charge is 2.18. The summed E-state index contributed by atoms with van der Waals surface area (Å²) in [4.78, 5) is 13.7. The lowest BCUT2D eigenvalue weighted by Crippen LogP contribution is -2.33. The summed E-state index contributed by atoms with van der Waals surface area (Å²) < 4.78 is 0. The molecular weight excluding hydrogens is 314 g/mol.